The van der Waals surface area contributed by atoms with Crippen LogP contribution in [0, 0.1) is 5.82 Å². The Labute approximate surface area is 172 Å². The minimum atomic E-state index is -4.89. The zero-order chi connectivity index (χ0) is 21.0. The van der Waals surface area contributed by atoms with Crippen LogP contribution in [0.2, 0.25) is 10.0 Å². The molecule has 2 aliphatic rings. The molecule has 2 aromatic carbocycles. The van der Waals surface area contributed by atoms with Crippen LogP contribution in [0.1, 0.15) is 23.1 Å². The minimum Gasteiger partial charge on any atom is -0.374 e. The molecule has 0 radical (unpaired) electrons. The van der Waals surface area contributed by atoms with Gasteiger partial charge in [-0.05, 0) is 23.3 Å². The zero-order valence-electron chi connectivity index (χ0n) is 14.6. The number of nitrogens with one attached hydrogen (secondary N) is 1. The molecule has 2 aliphatic heterocycles. The molecule has 1 saturated heterocycles. The smallest absolute Gasteiger partial charge is 0.374 e. The van der Waals surface area contributed by atoms with Crippen LogP contribution in [0.5, 0.6) is 0 Å². The van der Waals surface area contributed by atoms with Crippen molar-refractivity contribution in [2.75, 3.05) is 13.1 Å². The van der Waals surface area contributed by atoms with Gasteiger partial charge in [-0.15, -0.1) is 0 Å². The van der Waals surface area contributed by atoms with Crippen molar-refractivity contribution in [3.8, 4) is 0 Å². The monoisotopic (exact) mass is 450 g/mol. The Hall–Kier alpha value is -1.90. The lowest BCUT2D eigenvalue weighted by molar-refractivity contribution is -0.275. The fraction of sp³-hybridized carbons (Fsp3) is 0.316. The lowest BCUT2D eigenvalue weighted by Crippen LogP contribution is -2.53. The Bertz CT molecular complexity index is 966. The molecule has 29 heavy (non-hydrogen) atoms. The van der Waals surface area contributed by atoms with Gasteiger partial charge in [-0.25, -0.2) is 8.78 Å². The van der Waals surface area contributed by atoms with Gasteiger partial charge in [0, 0.05) is 25.1 Å². The van der Waals surface area contributed by atoms with Crippen molar-refractivity contribution >= 4 is 28.9 Å². The summed E-state index contributed by atoms with van der Waals surface area (Å²) in [6.45, 7) is 0.360. The normalized spacial score (nSPS) is 23.3. The molecule has 1 N–H and O–H groups in total. The third-order valence-electron chi connectivity index (χ3n) is 5.18. The third kappa shape index (κ3) is 3.27. The summed E-state index contributed by atoms with van der Waals surface area (Å²) in [4.78, 5) is 4.88. The number of hydrogen-bond acceptors (Lipinski definition) is 3. The van der Waals surface area contributed by atoms with Crippen LogP contribution in [0.15, 0.2) is 41.6 Å². The maximum atomic E-state index is 14.4. The van der Waals surface area contributed by atoms with Gasteiger partial charge in [0.25, 0.3) is 5.60 Å². The fourth-order valence-corrected chi connectivity index (χ4v) is 3.84. The zero-order valence-corrected chi connectivity index (χ0v) is 16.1. The number of nitrogens with zero attached hydrogens (tertiary/aromatic N) is 1. The Morgan fingerprint density at radius 2 is 1.59 bits per heavy atom. The molecule has 3 nitrogen and oxygen atoms in total. The lowest BCUT2D eigenvalue weighted by atomic mass is 9.85. The maximum absolute atomic E-state index is 14.4. The number of benzene rings is 2. The Morgan fingerprint density at radius 1 is 1.00 bits per heavy atom. The van der Waals surface area contributed by atoms with Gasteiger partial charge in [0.1, 0.15) is 0 Å². The highest BCUT2D eigenvalue weighted by Gasteiger charge is 2.62. The molecule has 154 valence electrons. The van der Waals surface area contributed by atoms with Crippen molar-refractivity contribution in [2.24, 2.45) is 5.16 Å². The summed E-state index contributed by atoms with van der Waals surface area (Å²) in [5, 5.41) is 5.35. The molecule has 2 heterocycles. The first kappa shape index (κ1) is 20.4. The van der Waals surface area contributed by atoms with Crippen molar-refractivity contribution in [3.63, 3.8) is 0 Å². The van der Waals surface area contributed by atoms with E-state index < -0.39 is 45.3 Å². The van der Waals surface area contributed by atoms with Crippen LogP contribution < -0.4 is 5.32 Å². The molecular weight excluding hydrogens is 438 g/mol. The molecule has 2 aromatic rings. The highest BCUT2D eigenvalue weighted by Crippen LogP contribution is 2.50. The highest BCUT2D eigenvalue weighted by atomic mass is 35.5. The van der Waals surface area contributed by atoms with Crippen molar-refractivity contribution < 1.29 is 26.8 Å². The predicted octanol–water partition coefficient (Wildman–Crippen LogP) is 5.48. The van der Waals surface area contributed by atoms with Crippen molar-refractivity contribution in [1.29, 1.82) is 0 Å². The van der Waals surface area contributed by atoms with Gasteiger partial charge in [0.15, 0.2) is 11.5 Å². The predicted molar refractivity (Wildman–Crippen MR) is 98.5 cm³/mol. The van der Waals surface area contributed by atoms with E-state index in [-0.39, 0.29) is 18.8 Å². The van der Waals surface area contributed by atoms with E-state index in [2.05, 4.69) is 10.5 Å². The summed E-state index contributed by atoms with van der Waals surface area (Å²) in [7, 11) is 0. The van der Waals surface area contributed by atoms with E-state index in [1.807, 2.05) is 0 Å². The maximum Gasteiger partial charge on any atom is 0.435 e. The first-order valence-electron chi connectivity index (χ1n) is 8.53. The summed E-state index contributed by atoms with van der Waals surface area (Å²) in [6, 6.07) is 7.67. The molecule has 0 aromatic heterocycles. The summed E-state index contributed by atoms with van der Waals surface area (Å²) in [5.74, 6) is -1.02. The molecule has 0 amide bonds. The van der Waals surface area contributed by atoms with E-state index in [9.17, 15) is 22.0 Å². The van der Waals surface area contributed by atoms with Crippen LogP contribution in [0.25, 0.3) is 0 Å². The molecule has 1 unspecified atom stereocenters. The molecule has 10 heteroatoms. The van der Waals surface area contributed by atoms with Gasteiger partial charge >= 0.3 is 6.18 Å². The van der Waals surface area contributed by atoms with E-state index in [0.717, 1.165) is 12.1 Å². The van der Waals surface area contributed by atoms with Gasteiger partial charge in [0.2, 0.25) is 0 Å². The van der Waals surface area contributed by atoms with Crippen LogP contribution in [0.3, 0.4) is 0 Å². The Kier molecular flexibility index (Phi) is 4.79. The summed E-state index contributed by atoms with van der Waals surface area (Å²) < 4.78 is 70.1. The summed E-state index contributed by atoms with van der Waals surface area (Å²) >= 11 is 11.4. The average molecular weight is 451 g/mol. The molecule has 0 aliphatic carbocycles. The van der Waals surface area contributed by atoms with Crippen molar-refractivity contribution in [3.05, 3.63) is 69.0 Å². The number of hydrogen-bond donors (Lipinski definition) is 1. The van der Waals surface area contributed by atoms with E-state index in [1.54, 1.807) is 0 Å². The van der Waals surface area contributed by atoms with E-state index in [0.29, 0.717) is 11.1 Å². The van der Waals surface area contributed by atoms with Crippen LogP contribution >= 0.6 is 23.2 Å². The summed E-state index contributed by atoms with van der Waals surface area (Å²) in [5.41, 5.74) is -4.00. The minimum absolute atomic E-state index is 0.0186. The second-order valence-electron chi connectivity index (χ2n) is 7.03. The quantitative estimate of drug-likeness (QED) is 0.495. The van der Waals surface area contributed by atoms with Gasteiger partial charge < -0.3 is 10.2 Å². The molecular formula is C19H13Cl2F5N2O. The van der Waals surface area contributed by atoms with Crippen molar-refractivity contribution in [2.45, 2.75) is 23.9 Å². The van der Waals surface area contributed by atoms with Gasteiger partial charge in [-0.3, -0.25) is 0 Å². The highest BCUT2D eigenvalue weighted by molar-refractivity contribution is 6.35. The first-order chi connectivity index (χ1) is 13.6. The second kappa shape index (κ2) is 6.82. The SMILES string of the molecule is Fc1c(Cl)cc(C2(C(F)(F)F)CC(c3ccc(C4(F)CNC4)cc3)=NO2)cc1Cl. The fourth-order valence-electron chi connectivity index (χ4n) is 3.36. The third-order valence-corrected chi connectivity index (χ3v) is 5.73. The van der Waals surface area contributed by atoms with Crippen LogP contribution in [0.4, 0.5) is 22.0 Å². The molecule has 0 bridgehead atoms. The Balaban J connectivity index is 1.67. The topological polar surface area (TPSA) is 33.6 Å². The lowest BCUT2D eigenvalue weighted by Gasteiger charge is -2.35. The second-order valence-corrected chi connectivity index (χ2v) is 7.85. The van der Waals surface area contributed by atoms with E-state index in [1.165, 1.54) is 24.3 Å². The molecule has 0 saturated carbocycles. The number of alkyl halides is 4. The molecule has 1 fully saturated rings. The van der Waals surface area contributed by atoms with Crippen LogP contribution in [-0.4, -0.2) is 25.0 Å². The van der Waals surface area contributed by atoms with Gasteiger partial charge in [0.05, 0.1) is 15.8 Å². The van der Waals surface area contributed by atoms with Crippen molar-refractivity contribution in [1.82, 2.24) is 5.32 Å². The standard InChI is InChI=1S/C19H13Cl2F5N2O/c20-13-5-12(6-14(21)16(13)22)18(19(24,25)26)7-15(28-29-18)10-1-3-11(4-2-10)17(23)8-27-9-17/h1-6,27H,7-9H2. The molecule has 0 spiro atoms. The van der Waals surface area contributed by atoms with Gasteiger partial charge in [-0.2, -0.15) is 13.2 Å². The number of halogens is 7. The number of oxime groups is 1. The average Bonchev–Trinajstić information content (AvgIpc) is 3.11. The largest absolute Gasteiger partial charge is 0.435 e. The van der Waals surface area contributed by atoms with E-state index in [4.69, 9.17) is 28.0 Å². The van der Waals surface area contributed by atoms with E-state index >= 15 is 0 Å². The first-order valence-corrected chi connectivity index (χ1v) is 9.29. The Morgan fingerprint density at radius 3 is 2.07 bits per heavy atom. The number of rotatable bonds is 3. The summed E-state index contributed by atoms with van der Waals surface area (Å²) in [6.07, 6.45) is -5.56. The molecule has 4 rings (SSSR count). The molecule has 1 atom stereocenters. The van der Waals surface area contributed by atoms with Gasteiger partial charge in [-0.1, -0.05) is 52.6 Å². The van der Waals surface area contributed by atoms with Crippen LogP contribution in [-0.2, 0) is 16.1 Å².